The van der Waals surface area contributed by atoms with Crippen molar-refractivity contribution in [3.05, 3.63) is 11.5 Å². The Morgan fingerprint density at radius 3 is 3.00 bits per heavy atom. The maximum absolute atomic E-state index is 6.02. The van der Waals surface area contributed by atoms with E-state index in [4.69, 9.17) is 17.3 Å². The molecule has 0 atom stereocenters. The fraction of sp³-hybridized carbons (Fsp3) is 0.444. The molecule has 2 aromatic heterocycles. The molecule has 0 radical (unpaired) electrons. The molecule has 0 spiro atoms. The van der Waals surface area contributed by atoms with E-state index < -0.39 is 0 Å². The third-order valence-electron chi connectivity index (χ3n) is 2.60. The van der Waals surface area contributed by atoms with Crippen LogP contribution >= 0.6 is 11.6 Å². The maximum atomic E-state index is 6.02. The third-order valence-corrected chi connectivity index (χ3v) is 2.86. The summed E-state index contributed by atoms with van der Waals surface area (Å²) in [6, 6.07) is 0. The first-order valence-corrected chi connectivity index (χ1v) is 5.25. The highest BCUT2D eigenvalue weighted by Crippen LogP contribution is 2.32. The zero-order chi connectivity index (χ0) is 10.4. The molecule has 0 bridgehead atoms. The van der Waals surface area contributed by atoms with Crippen molar-refractivity contribution in [3.8, 4) is 0 Å². The zero-order valence-electron chi connectivity index (χ0n) is 8.02. The van der Waals surface area contributed by atoms with Crippen molar-refractivity contribution in [3.63, 3.8) is 0 Å². The summed E-state index contributed by atoms with van der Waals surface area (Å²) in [7, 11) is 0. The minimum Gasteiger partial charge on any atom is -0.368 e. The van der Waals surface area contributed by atoms with Gasteiger partial charge >= 0.3 is 0 Å². The Morgan fingerprint density at radius 2 is 2.27 bits per heavy atom. The lowest BCUT2D eigenvalue weighted by Gasteiger charge is -2.02. The summed E-state index contributed by atoms with van der Waals surface area (Å²) in [5, 5.41) is 0.385. The molecule has 2 heterocycles. The molecule has 1 aliphatic carbocycles. The van der Waals surface area contributed by atoms with Crippen LogP contribution in [0, 0.1) is 5.92 Å². The fourth-order valence-corrected chi connectivity index (χ4v) is 1.95. The summed E-state index contributed by atoms with van der Waals surface area (Å²) in [6.07, 6.45) is 4.32. The zero-order valence-corrected chi connectivity index (χ0v) is 8.78. The van der Waals surface area contributed by atoms with Crippen molar-refractivity contribution in [1.29, 1.82) is 0 Å². The van der Waals surface area contributed by atoms with Gasteiger partial charge in [0.05, 0.1) is 6.33 Å². The van der Waals surface area contributed by atoms with E-state index in [-0.39, 0.29) is 5.95 Å². The molecular weight excluding hydrogens is 214 g/mol. The lowest BCUT2D eigenvalue weighted by Crippen LogP contribution is -2.01. The molecule has 1 fully saturated rings. The Kier molecular flexibility index (Phi) is 1.82. The number of imidazole rings is 1. The Balaban J connectivity index is 2.14. The fourth-order valence-electron chi connectivity index (χ4n) is 1.67. The van der Waals surface area contributed by atoms with E-state index in [2.05, 4.69) is 15.0 Å². The number of nitrogens with zero attached hydrogens (tertiary/aromatic N) is 4. The van der Waals surface area contributed by atoms with Crippen molar-refractivity contribution >= 4 is 28.7 Å². The van der Waals surface area contributed by atoms with E-state index in [9.17, 15) is 0 Å². The predicted molar refractivity (Wildman–Crippen MR) is 57.5 cm³/mol. The average Bonchev–Trinajstić information content (AvgIpc) is 2.87. The van der Waals surface area contributed by atoms with Crippen LogP contribution in [0.25, 0.3) is 11.2 Å². The lowest BCUT2D eigenvalue weighted by molar-refractivity contribution is 0.642. The molecule has 78 valence electrons. The molecule has 0 saturated heterocycles. The van der Waals surface area contributed by atoms with Gasteiger partial charge in [0.1, 0.15) is 5.52 Å². The van der Waals surface area contributed by atoms with Crippen LogP contribution in [0.5, 0.6) is 0 Å². The van der Waals surface area contributed by atoms with Crippen LogP contribution in [-0.4, -0.2) is 19.5 Å². The molecule has 15 heavy (non-hydrogen) atoms. The van der Waals surface area contributed by atoms with Crippen LogP contribution in [0.15, 0.2) is 6.33 Å². The van der Waals surface area contributed by atoms with Gasteiger partial charge in [-0.15, -0.1) is 0 Å². The van der Waals surface area contributed by atoms with Crippen LogP contribution < -0.4 is 5.73 Å². The summed E-state index contributed by atoms with van der Waals surface area (Å²) in [6.45, 7) is 0.948. The molecule has 1 saturated carbocycles. The normalized spacial score (nSPS) is 16.1. The number of rotatable bonds is 2. The Hall–Kier alpha value is -1.36. The highest BCUT2D eigenvalue weighted by molar-refractivity contribution is 6.33. The SMILES string of the molecule is Nc1nc(Cl)c2c(ncn2CC2CC2)n1. The second-order valence-corrected chi connectivity index (χ2v) is 4.24. The standard InChI is InChI=1S/C9H10ClN5/c10-7-6-8(14-9(11)13-7)12-4-15(6)3-5-1-2-5/h4-5H,1-3H2,(H2,11,13,14). The van der Waals surface area contributed by atoms with Gasteiger partial charge in [-0.1, -0.05) is 11.6 Å². The predicted octanol–water partition coefficient (Wildman–Crippen LogP) is 1.47. The summed E-state index contributed by atoms with van der Waals surface area (Å²) in [5.74, 6) is 0.931. The van der Waals surface area contributed by atoms with Crippen LogP contribution in [0.3, 0.4) is 0 Å². The molecule has 0 unspecified atom stereocenters. The highest BCUT2D eigenvalue weighted by Gasteiger charge is 2.23. The number of halogens is 1. The van der Waals surface area contributed by atoms with Crippen molar-refractivity contribution in [2.24, 2.45) is 5.92 Å². The van der Waals surface area contributed by atoms with E-state index in [1.807, 2.05) is 4.57 Å². The lowest BCUT2D eigenvalue weighted by atomic mass is 10.4. The second-order valence-electron chi connectivity index (χ2n) is 3.89. The first-order chi connectivity index (χ1) is 7.24. The molecule has 6 heteroatoms. The van der Waals surface area contributed by atoms with Crippen molar-refractivity contribution in [1.82, 2.24) is 19.5 Å². The van der Waals surface area contributed by atoms with Crippen molar-refractivity contribution in [2.45, 2.75) is 19.4 Å². The molecule has 2 aromatic rings. The maximum Gasteiger partial charge on any atom is 0.223 e. The highest BCUT2D eigenvalue weighted by atomic mass is 35.5. The van der Waals surface area contributed by atoms with Gasteiger partial charge in [0.15, 0.2) is 10.8 Å². The molecular formula is C9H10ClN5. The van der Waals surface area contributed by atoms with Gasteiger partial charge < -0.3 is 10.3 Å². The third kappa shape index (κ3) is 1.52. The van der Waals surface area contributed by atoms with Gasteiger partial charge in [-0.2, -0.15) is 9.97 Å². The summed E-state index contributed by atoms with van der Waals surface area (Å²) in [4.78, 5) is 12.1. The molecule has 3 rings (SSSR count). The number of hydrogen-bond donors (Lipinski definition) is 1. The number of hydrogen-bond acceptors (Lipinski definition) is 4. The van der Waals surface area contributed by atoms with Crippen LogP contribution in [0.4, 0.5) is 5.95 Å². The van der Waals surface area contributed by atoms with Gasteiger partial charge in [0.2, 0.25) is 5.95 Å². The van der Waals surface area contributed by atoms with E-state index in [0.29, 0.717) is 10.8 Å². The first kappa shape index (κ1) is 8.91. The average molecular weight is 224 g/mol. The van der Waals surface area contributed by atoms with Crippen LogP contribution in [0.2, 0.25) is 5.15 Å². The number of fused-ring (bicyclic) bond motifs is 1. The minimum absolute atomic E-state index is 0.171. The Labute approximate surface area is 91.3 Å². The largest absolute Gasteiger partial charge is 0.368 e. The molecule has 0 amide bonds. The number of nitrogen functional groups attached to an aromatic ring is 1. The van der Waals surface area contributed by atoms with Gasteiger partial charge in [0.25, 0.3) is 0 Å². The molecule has 2 N–H and O–H groups in total. The van der Waals surface area contributed by atoms with Gasteiger partial charge in [-0.3, -0.25) is 0 Å². The van der Waals surface area contributed by atoms with Crippen molar-refractivity contribution in [2.75, 3.05) is 5.73 Å². The summed E-state index contributed by atoms with van der Waals surface area (Å²) in [5.41, 5.74) is 6.86. The summed E-state index contributed by atoms with van der Waals surface area (Å²) >= 11 is 6.02. The van der Waals surface area contributed by atoms with E-state index >= 15 is 0 Å². The number of anilines is 1. The minimum atomic E-state index is 0.171. The monoisotopic (exact) mass is 223 g/mol. The van der Waals surface area contributed by atoms with Crippen LogP contribution in [0.1, 0.15) is 12.8 Å². The van der Waals surface area contributed by atoms with Crippen LogP contribution in [-0.2, 0) is 6.54 Å². The van der Waals surface area contributed by atoms with E-state index in [0.717, 1.165) is 18.0 Å². The van der Waals surface area contributed by atoms with Crippen molar-refractivity contribution < 1.29 is 0 Å². The van der Waals surface area contributed by atoms with Gasteiger partial charge in [-0.05, 0) is 18.8 Å². The van der Waals surface area contributed by atoms with Gasteiger partial charge in [0, 0.05) is 6.54 Å². The van der Waals surface area contributed by atoms with E-state index in [1.165, 1.54) is 12.8 Å². The molecule has 5 nitrogen and oxygen atoms in total. The van der Waals surface area contributed by atoms with E-state index in [1.54, 1.807) is 6.33 Å². The first-order valence-electron chi connectivity index (χ1n) is 4.88. The second kappa shape index (κ2) is 3.06. The molecule has 0 aliphatic heterocycles. The topological polar surface area (TPSA) is 69.6 Å². The quantitative estimate of drug-likeness (QED) is 0.783. The Morgan fingerprint density at radius 1 is 1.47 bits per heavy atom. The summed E-state index contributed by atoms with van der Waals surface area (Å²) < 4.78 is 2.01. The molecule has 0 aromatic carbocycles. The van der Waals surface area contributed by atoms with Gasteiger partial charge in [-0.25, -0.2) is 4.98 Å². The molecule has 1 aliphatic rings. The smallest absolute Gasteiger partial charge is 0.223 e. The number of aromatic nitrogens is 4. The Bertz CT molecular complexity index is 516. The number of nitrogens with two attached hydrogens (primary N) is 1.